The molecule has 1 heterocycles. The smallest absolute Gasteiger partial charge is 0.276 e. The summed E-state index contributed by atoms with van der Waals surface area (Å²) < 4.78 is 11.2. The van der Waals surface area contributed by atoms with Gasteiger partial charge in [0, 0.05) is 0 Å². The first-order chi connectivity index (χ1) is 13.0. The van der Waals surface area contributed by atoms with Gasteiger partial charge in [-0.3, -0.25) is 20.4 Å². The molecule has 0 bridgehead atoms. The Labute approximate surface area is 160 Å². The van der Waals surface area contributed by atoms with Gasteiger partial charge in [-0.1, -0.05) is 6.07 Å². The summed E-state index contributed by atoms with van der Waals surface area (Å²) in [6, 6.07) is 5.96. The number of carbonyl (C=O) groups is 2. The van der Waals surface area contributed by atoms with E-state index in [4.69, 9.17) is 9.47 Å². The van der Waals surface area contributed by atoms with Crippen LogP contribution in [-0.4, -0.2) is 50.3 Å². The van der Waals surface area contributed by atoms with Crippen molar-refractivity contribution >= 4 is 11.8 Å². The summed E-state index contributed by atoms with van der Waals surface area (Å²) in [5.41, 5.74) is 7.54. The zero-order valence-corrected chi connectivity index (χ0v) is 16.2. The summed E-state index contributed by atoms with van der Waals surface area (Å²) in [6.07, 6.45) is 4.14. The lowest BCUT2D eigenvalue weighted by atomic mass is 10.1. The number of fused-ring (bicyclic) bond motifs is 1. The lowest BCUT2D eigenvalue weighted by molar-refractivity contribution is -0.914. The Hall–Kier alpha value is -2.12. The number of rotatable bonds is 6. The second-order valence-electron chi connectivity index (χ2n) is 7.58. The zero-order valence-electron chi connectivity index (χ0n) is 16.2. The molecule has 0 spiro atoms. The number of morpholine rings is 1. The first-order valence-electron chi connectivity index (χ1n) is 9.81. The second kappa shape index (κ2) is 9.19. The average molecular weight is 376 g/mol. The van der Waals surface area contributed by atoms with Crippen LogP contribution in [-0.2, 0) is 27.2 Å². The van der Waals surface area contributed by atoms with Gasteiger partial charge in [0.25, 0.3) is 5.91 Å². The number of hydrazine groups is 1. The number of carbonyl (C=O) groups excluding carboxylic acids is 2. The minimum absolute atomic E-state index is 0.122. The van der Waals surface area contributed by atoms with E-state index in [2.05, 4.69) is 30.8 Å². The quantitative estimate of drug-likeness (QED) is 0.600. The van der Waals surface area contributed by atoms with Gasteiger partial charge in [-0.25, -0.2) is 0 Å². The molecule has 0 unspecified atom stereocenters. The van der Waals surface area contributed by atoms with Crippen molar-refractivity contribution in [3.63, 3.8) is 0 Å². The van der Waals surface area contributed by atoms with E-state index in [9.17, 15) is 9.59 Å². The molecule has 2 aliphatic rings. The highest BCUT2D eigenvalue weighted by Gasteiger charge is 2.25. The molecule has 3 rings (SSSR count). The largest absolute Gasteiger partial charge is 0.484 e. The van der Waals surface area contributed by atoms with Gasteiger partial charge in [0.15, 0.2) is 6.61 Å². The maximum Gasteiger partial charge on any atom is 0.276 e. The normalized spacial score (nSPS) is 24.1. The second-order valence-corrected chi connectivity index (χ2v) is 7.58. The molecule has 1 aliphatic carbocycles. The highest BCUT2D eigenvalue weighted by atomic mass is 16.5. The first kappa shape index (κ1) is 19.6. The van der Waals surface area contributed by atoms with Gasteiger partial charge in [-0.05, 0) is 56.4 Å². The third kappa shape index (κ3) is 5.94. The summed E-state index contributed by atoms with van der Waals surface area (Å²) >= 11 is 0. The standard InChI is InChI=1S/C20H29N3O4/c1-14-11-23(12-15(2)27-14)9-8-19(24)21-22-20(25)13-26-18-7-6-16-4-3-5-17(16)10-18/h6-7,10,14-15H,3-5,8-9,11-13H2,1-2H3,(H,21,24)(H,22,25)/p+1/t14-,15-/m1/s1. The Balaban J connectivity index is 1.32. The van der Waals surface area contributed by atoms with Gasteiger partial charge in [-0.15, -0.1) is 0 Å². The van der Waals surface area contributed by atoms with E-state index in [1.165, 1.54) is 22.4 Å². The van der Waals surface area contributed by atoms with Gasteiger partial charge >= 0.3 is 0 Å². The van der Waals surface area contributed by atoms with Crippen LogP contribution in [0.2, 0.25) is 0 Å². The molecule has 3 N–H and O–H groups in total. The van der Waals surface area contributed by atoms with Crippen molar-refractivity contribution in [2.24, 2.45) is 0 Å². The van der Waals surface area contributed by atoms with Crippen molar-refractivity contribution in [2.75, 3.05) is 26.2 Å². The fourth-order valence-corrected chi connectivity index (χ4v) is 3.91. The van der Waals surface area contributed by atoms with Gasteiger partial charge in [0.05, 0.1) is 13.0 Å². The van der Waals surface area contributed by atoms with Gasteiger partial charge < -0.3 is 14.4 Å². The number of benzene rings is 1. The number of quaternary nitrogens is 1. The van der Waals surface area contributed by atoms with Crippen LogP contribution in [0.25, 0.3) is 0 Å². The van der Waals surface area contributed by atoms with Crippen LogP contribution in [0.3, 0.4) is 0 Å². The maximum atomic E-state index is 11.9. The molecule has 1 aromatic rings. The topological polar surface area (TPSA) is 81.1 Å². The third-order valence-electron chi connectivity index (χ3n) is 5.10. The molecule has 27 heavy (non-hydrogen) atoms. The Morgan fingerprint density at radius 3 is 2.59 bits per heavy atom. The molecule has 1 saturated heterocycles. The molecular formula is C20H30N3O4+. The monoisotopic (exact) mass is 376 g/mol. The zero-order chi connectivity index (χ0) is 19.2. The molecule has 1 fully saturated rings. The molecule has 1 aliphatic heterocycles. The first-order valence-corrected chi connectivity index (χ1v) is 9.81. The molecule has 7 heteroatoms. The Bertz CT molecular complexity index is 669. The summed E-state index contributed by atoms with van der Waals surface area (Å²) in [4.78, 5) is 25.2. The fourth-order valence-electron chi connectivity index (χ4n) is 3.91. The maximum absolute atomic E-state index is 11.9. The minimum atomic E-state index is -0.371. The number of aryl methyl sites for hydroxylation is 2. The number of hydrogen-bond acceptors (Lipinski definition) is 4. The summed E-state index contributed by atoms with van der Waals surface area (Å²) in [5.74, 6) is 0.126. The van der Waals surface area contributed by atoms with Crippen LogP contribution in [0.4, 0.5) is 0 Å². The molecule has 2 amide bonds. The molecule has 0 radical (unpaired) electrons. The minimum Gasteiger partial charge on any atom is -0.484 e. The van der Waals surface area contributed by atoms with Crippen LogP contribution < -0.4 is 20.5 Å². The molecule has 0 aromatic heterocycles. The van der Waals surface area contributed by atoms with Gasteiger partial charge in [-0.2, -0.15) is 0 Å². The summed E-state index contributed by atoms with van der Waals surface area (Å²) in [5, 5.41) is 0. The highest BCUT2D eigenvalue weighted by molar-refractivity contribution is 5.82. The van der Waals surface area contributed by atoms with Crippen molar-refractivity contribution in [3.8, 4) is 5.75 Å². The van der Waals surface area contributed by atoms with Crippen molar-refractivity contribution in [1.29, 1.82) is 0 Å². The van der Waals surface area contributed by atoms with Crippen LogP contribution >= 0.6 is 0 Å². The van der Waals surface area contributed by atoms with Gasteiger partial charge in [0.1, 0.15) is 31.0 Å². The van der Waals surface area contributed by atoms with Gasteiger partial charge in [0.2, 0.25) is 5.91 Å². The fraction of sp³-hybridized carbons (Fsp3) is 0.600. The van der Waals surface area contributed by atoms with Crippen molar-refractivity contribution < 1.29 is 24.0 Å². The van der Waals surface area contributed by atoms with Crippen LogP contribution in [0.15, 0.2) is 18.2 Å². The molecule has 148 valence electrons. The van der Waals surface area contributed by atoms with E-state index in [0.717, 1.165) is 32.5 Å². The van der Waals surface area contributed by atoms with Crippen LogP contribution in [0, 0.1) is 0 Å². The summed E-state index contributed by atoms with van der Waals surface area (Å²) in [6.45, 7) is 6.51. The average Bonchev–Trinajstić information content (AvgIpc) is 3.10. The predicted octanol–water partition coefficient (Wildman–Crippen LogP) is -0.216. The molecule has 7 nitrogen and oxygen atoms in total. The Kier molecular flexibility index (Phi) is 6.68. The SMILES string of the molecule is C[C@@H]1C[NH+](CCC(=O)NNC(=O)COc2ccc3c(c2)CCC3)C[C@@H](C)O1. The lowest BCUT2D eigenvalue weighted by Gasteiger charge is -2.32. The predicted molar refractivity (Wildman–Crippen MR) is 100 cm³/mol. The number of amides is 2. The van der Waals surface area contributed by atoms with Crippen LogP contribution in [0.1, 0.15) is 37.8 Å². The van der Waals surface area contributed by atoms with E-state index in [0.29, 0.717) is 12.2 Å². The third-order valence-corrected chi connectivity index (χ3v) is 5.10. The number of nitrogens with one attached hydrogen (secondary N) is 3. The van der Waals surface area contributed by atoms with E-state index >= 15 is 0 Å². The highest BCUT2D eigenvalue weighted by Crippen LogP contribution is 2.25. The van der Waals surface area contributed by atoms with E-state index < -0.39 is 0 Å². The molecule has 1 aromatic carbocycles. The van der Waals surface area contributed by atoms with E-state index in [1.807, 2.05) is 12.1 Å². The summed E-state index contributed by atoms with van der Waals surface area (Å²) in [7, 11) is 0. The molecular weight excluding hydrogens is 346 g/mol. The number of hydrogen-bond donors (Lipinski definition) is 3. The van der Waals surface area contributed by atoms with E-state index in [-0.39, 0.29) is 30.6 Å². The van der Waals surface area contributed by atoms with Crippen molar-refractivity contribution in [3.05, 3.63) is 29.3 Å². The van der Waals surface area contributed by atoms with Crippen LogP contribution in [0.5, 0.6) is 5.75 Å². The van der Waals surface area contributed by atoms with Crippen molar-refractivity contribution in [2.45, 2.75) is 51.7 Å². The lowest BCUT2D eigenvalue weighted by Crippen LogP contribution is -3.15. The Morgan fingerprint density at radius 2 is 1.81 bits per heavy atom. The van der Waals surface area contributed by atoms with E-state index in [1.54, 1.807) is 0 Å². The molecule has 2 atom stereocenters. The molecule has 0 saturated carbocycles. The Morgan fingerprint density at radius 1 is 1.11 bits per heavy atom. The van der Waals surface area contributed by atoms with Crippen molar-refractivity contribution in [1.82, 2.24) is 10.9 Å². The number of ether oxygens (including phenoxy) is 2.